The average Bonchev–Trinajstić information content (AvgIpc) is 3.41. The van der Waals surface area contributed by atoms with E-state index in [0.717, 1.165) is 22.7 Å². The zero-order chi connectivity index (χ0) is 22.9. The lowest BCUT2D eigenvalue weighted by atomic mass is 10.3. The van der Waals surface area contributed by atoms with Crippen LogP contribution in [0.4, 0.5) is 11.4 Å². The van der Waals surface area contributed by atoms with Crippen molar-refractivity contribution in [1.29, 1.82) is 0 Å². The van der Waals surface area contributed by atoms with Gasteiger partial charge in [0.1, 0.15) is 8.42 Å². The topological polar surface area (TPSA) is 92.3 Å². The Morgan fingerprint density at radius 2 is 0.875 bits per heavy atom. The van der Waals surface area contributed by atoms with Gasteiger partial charge in [-0.2, -0.15) is 0 Å². The van der Waals surface area contributed by atoms with Gasteiger partial charge in [0.15, 0.2) is 0 Å². The van der Waals surface area contributed by atoms with Crippen LogP contribution in [0.25, 0.3) is 9.75 Å². The molecule has 0 bridgehead atoms. The van der Waals surface area contributed by atoms with Crippen molar-refractivity contribution in [3.05, 3.63) is 82.8 Å². The van der Waals surface area contributed by atoms with E-state index in [1.165, 1.54) is 12.1 Å². The molecular formula is C20H14Cl2N2O4S4. The number of hydrogen-bond donors (Lipinski definition) is 2. The molecule has 6 nitrogen and oxygen atoms in total. The molecule has 4 rings (SSSR count). The van der Waals surface area contributed by atoms with E-state index in [1.54, 1.807) is 60.7 Å². The van der Waals surface area contributed by atoms with Crippen molar-refractivity contribution in [2.24, 2.45) is 0 Å². The SMILES string of the molecule is O=S(=O)(Nc1ccc(Cl)cc1)c1ccc(-c2ccc(S(=O)(=O)Nc3ccc(Cl)cc3)s2)s1. The Kier molecular flexibility index (Phi) is 6.53. The maximum absolute atomic E-state index is 12.7. The molecule has 0 aliphatic rings. The number of benzene rings is 2. The zero-order valence-corrected chi connectivity index (χ0v) is 20.7. The normalized spacial score (nSPS) is 11.9. The van der Waals surface area contributed by atoms with Crippen molar-refractivity contribution in [2.75, 3.05) is 9.44 Å². The van der Waals surface area contributed by atoms with Crippen molar-refractivity contribution >= 4 is 77.3 Å². The summed E-state index contributed by atoms with van der Waals surface area (Å²) in [7, 11) is -7.58. The maximum atomic E-state index is 12.7. The van der Waals surface area contributed by atoms with Gasteiger partial charge in [-0.15, -0.1) is 22.7 Å². The Labute approximate surface area is 203 Å². The van der Waals surface area contributed by atoms with Gasteiger partial charge in [-0.25, -0.2) is 16.8 Å². The molecule has 0 radical (unpaired) electrons. The molecule has 0 spiro atoms. The first-order valence-corrected chi connectivity index (χ1v) is 14.2. The smallest absolute Gasteiger partial charge is 0.271 e. The molecule has 0 aliphatic heterocycles. The second-order valence-corrected chi connectivity index (χ2v) is 13.3. The van der Waals surface area contributed by atoms with Gasteiger partial charge >= 0.3 is 0 Å². The van der Waals surface area contributed by atoms with Crippen LogP contribution < -0.4 is 9.44 Å². The van der Waals surface area contributed by atoms with E-state index in [1.807, 2.05) is 0 Å². The molecule has 0 aliphatic carbocycles. The molecule has 166 valence electrons. The number of rotatable bonds is 7. The molecule has 0 saturated heterocycles. The van der Waals surface area contributed by atoms with Crippen LogP contribution in [-0.2, 0) is 20.0 Å². The highest BCUT2D eigenvalue weighted by molar-refractivity contribution is 7.95. The summed E-state index contributed by atoms with van der Waals surface area (Å²) in [6.07, 6.45) is 0. The standard InChI is InChI=1S/C20H14Cl2N2O4S4/c21-13-1-5-15(6-2-13)23-31(25,26)19-11-9-17(29-19)18-10-12-20(30-18)32(27,28)24-16-7-3-14(22)4-8-16/h1-12,23-24H. The molecule has 0 atom stereocenters. The number of sulfonamides is 2. The molecule has 0 unspecified atom stereocenters. The zero-order valence-electron chi connectivity index (χ0n) is 16.0. The second kappa shape index (κ2) is 9.05. The van der Waals surface area contributed by atoms with Gasteiger partial charge in [-0.05, 0) is 72.8 Å². The lowest BCUT2D eigenvalue weighted by Crippen LogP contribution is -2.11. The summed E-state index contributed by atoms with van der Waals surface area (Å²) in [6, 6.07) is 18.9. The van der Waals surface area contributed by atoms with Gasteiger partial charge < -0.3 is 0 Å². The van der Waals surface area contributed by atoms with Crippen molar-refractivity contribution in [2.45, 2.75) is 8.42 Å². The van der Waals surface area contributed by atoms with Crippen LogP contribution in [0.2, 0.25) is 10.0 Å². The van der Waals surface area contributed by atoms with Crippen LogP contribution in [-0.4, -0.2) is 16.8 Å². The van der Waals surface area contributed by atoms with Crippen LogP contribution in [0.5, 0.6) is 0 Å². The Balaban J connectivity index is 1.53. The third kappa shape index (κ3) is 5.28. The molecule has 2 heterocycles. The number of thiophene rings is 2. The predicted molar refractivity (Wildman–Crippen MR) is 132 cm³/mol. The van der Waals surface area contributed by atoms with Crippen LogP contribution in [0.3, 0.4) is 0 Å². The van der Waals surface area contributed by atoms with Gasteiger partial charge in [-0.3, -0.25) is 9.44 Å². The Morgan fingerprint density at radius 1 is 0.531 bits per heavy atom. The van der Waals surface area contributed by atoms with Gasteiger partial charge in [-0.1, -0.05) is 23.2 Å². The maximum Gasteiger partial charge on any atom is 0.271 e. The highest BCUT2D eigenvalue weighted by atomic mass is 35.5. The number of nitrogens with one attached hydrogen (secondary N) is 2. The fourth-order valence-corrected chi connectivity index (χ4v) is 7.71. The molecule has 2 aromatic heterocycles. The predicted octanol–water partition coefficient (Wildman–Crippen LogP) is 6.39. The lowest BCUT2D eigenvalue weighted by Gasteiger charge is -2.06. The van der Waals surface area contributed by atoms with E-state index in [-0.39, 0.29) is 8.42 Å². The van der Waals surface area contributed by atoms with Gasteiger partial charge in [0, 0.05) is 31.2 Å². The minimum atomic E-state index is -3.79. The minimum absolute atomic E-state index is 0.111. The summed E-state index contributed by atoms with van der Waals surface area (Å²) in [5.41, 5.74) is 0.782. The first-order chi connectivity index (χ1) is 15.1. The Hall–Kier alpha value is -2.08. The van der Waals surface area contributed by atoms with E-state index < -0.39 is 20.0 Å². The number of anilines is 2. The fraction of sp³-hybridized carbons (Fsp3) is 0. The van der Waals surface area contributed by atoms with E-state index in [2.05, 4.69) is 9.44 Å². The van der Waals surface area contributed by atoms with Gasteiger partial charge in [0.25, 0.3) is 20.0 Å². The molecule has 0 saturated carbocycles. The number of hydrogen-bond acceptors (Lipinski definition) is 6. The van der Waals surface area contributed by atoms with Crippen molar-refractivity contribution in [1.82, 2.24) is 0 Å². The van der Waals surface area contributed by atoms with Gasteiger partial charge in [0.2, 0.25) is 0 Å². The lowest BCUT2D eigenvalue weighted by molar-refractivity contribution is 0.601. The van der Waals surface area contributed by atoms with Crippen LogP contribution in [0.15, 0.2) is 81.2 Å². The highest BCUT2D eigenvalue weighted by Gasteiger charge is 2.21. The van der Waals surface area contributed by atoms with E-state index in [4.69, 9.17) is 23.2 Å². The highest BCUT2D eigenvalue weighted by Crippen LogP contribution is 2.37. The summed E-state index contributed by atoms with van der Waals surface area (Å²) >= 11 is 13.8. The minimum Gasteiger partial charge on any atom is -0.279 e. The van der Waals surface area contributed by atoms with Gasteiger partial charge in [0.05, 0.1) is 0 Å². The average molecular weight is 546 g/mol. The summed E-state index contributed by atoms with van der Waals surface area (Å²) in [5, 5.41) is 1.00. The number of halogens is 2. The molecule has 2 aromatic carbocycles. The summed E-state index contributed by atoms with van der Waals surface area (Å²) in [4.78, 5) is 1.28. The van der Waals surface area contributed by atoms with E-state index in [0.29, 0.717) is 31.2 Å². The summed E-state index contributed by atoms with van der Waals surface area (Å²) < 4.78 is 55.9. The Morgan fingerprint density at radius 3 is 1.22 bits per heavy atom. The molecule has 2 N–H and O–H groups in total. The summed E-state index contributed by atoms with van der Waals surface area (Å²) in [5.74, 6) is 0. The first kappa shape index (κ1) is 23.1. The molecule has 32 heavy (non-hydrogen) atoms. The molecule has 0 fully saturated rings. The first-order valence-electron chi connectivity index (χ1n) is 8.89. The fourth-order valence-electron chi connectivity index (χ4n) is 2.64. The summed E-state index contributed by atoms with van der Waals surface area (Å²) in [6.45, 7) is 0. The van der Waals surface area contributed by atoms with Crippen LogP contribution in [0.1, 0.15) is 0 Å². The largest absolute Gasteiger partial charge is 0.279 e. The molecular weight excluding hydrogens is 531 g/mol. The third-order valence-electron chi connectivity index (χ3n) is 4.13. The molecule has 12 heteroatoms. The van der Waals surface area contributed by atoms with Crippen molar-refractivity contribution < 1.29 is 16.8 Å². The Bertz CT molecular complexity index is 1350. The van der Waals surface area contributed by atoms with E-state index >= 15 is 0 Å². The van der Waals surface area contributed by atoms with Crippen molar-refractivity contribution in [3.63, 3.8) is 0 Å². The quantitative estimate of drug-likeness (QED) is 0.282. The monoisotopic (exact) mass is 544 g/mol. The van der Waals surface area contributed by atoms with Crippen LogP contribution in [0, 0.1) is 0 Å². The second-order valence-electron chi connectivity index (χ2n) is 6.46. The van der Waals surface area contributed by atoms with E-state index in [9.17, 15) is 16.8 Å². The molecule has 4 aromatic rings. The molecule has 0 amide bonds. The van der Waals surface area contributed by atoms with Crippen LogP contribution >= 0.6 is 45.9 Å². The third-order valence-corrected chi connectivity index (χ3v) is 10.7. The van der Waals surface area contributed by atoms with Crippen molar-refractivity contribution in [3.8, 4) is 9.75 Å².